The molecule has 0 heterocycles. The molecule has 0 aliphatic heterocycles. The molecule has 1 aromatic carbocycles. The third-order valence-electron chi connectivity index (χ3n) is 2.81. The first-order valence-electron chi connectivity index (χ1n) is 6.27. The van der Waals surface area contributed by atoms with Crippen molar-refractivity contribution in [2.24, 2.45) is 5.92 Å². The molecular weight excluding hydrogens is 258 g/mol. The molecule has 19 heavy (non-hydrogen) atoms. The first-order chi connectivity index (χ1) is 8.83. The Hall–Kier alpha value is -1.10. The van der Waals surface area contributed by atoms with Gasteiger partial charge in [0.05, 0.1) is 6.54 Å². The Bertz CT molecular complexity index is 365. The Morgan fingerprint density at radius 3 is 2.16 bits per heavy atom. The van der Waals surface area contributed by atoms with Crippen LogP contribution in [0, 0.1) is 5.92 Å². The highest BCUT2D eigenvalue weighted by atomic mass is 19.3. The fourth-order valence-corrected chi connectivity index (χ4v) is 1.83. The minimum atomic E-state index is -4.00. The molecule has 1 unspecified atom stereocenters. The molecule has 1 N–H and O–H groups in total. The molecule has 1 atom stereocenters. The van der Waals surface area contributed by atoms with E-state index < -0.39 is 18.9 Å². The molecule has 108 valence electrons. The van der Waals surface area contributed by atoms with Crippen LogP contribution in [0.5, 0.6) is 0 Å². The lowest BCUT2D eigenvalue weighted by molar-refractivity contribution is -0.126. The van der Waals surface area contributed by atoms with Gasteiger partial charge in [0, 0.05) is 6.04 Å². The van der Waals surface area contributed by atoms with Crippen molar-refractivity contribution < 1.29 is 17.6 Å². The van der Waals surface area contributed by atoms with Gasteiger partial charge in [-0.1, -0.05) is 44.2 Å². The predicted octanol–water partition coefficient (Wildman–Crippen LogP) is 4.26. The zero-order chi connectivity index (χ0) is 14.5. The van der Waals surface area contributed by atoms with Gasteiger partial charge < -0.3 is 5.32 Å². The zero-order valence-corrected chi connectivity index (χ0v) is 11.0. The number of hydrogen-bond donors (Lipinski definition) is 1. The van der Waals surface area contributed by atoms with Gasteiger partial charge in [0.25, 0.3) is 0 Å². The van der Waals surface area contributed by atoms with E-state index in [0.29, 0.717) is 6.42 Å². The van der Waals surface area contributed by atoms with E-state index in [2.05, 4.69) is 5.32 Å². The molecule has 0 radical (unpaired) electrons. The lowest BCUT2D eigenvalue weighted by Crippen LogP contribution is -2.40. The van der Waals surface area contributed by atoms with Gasteiger partial charge in [0.2, 0.25) is 0 Å². The van der Waals surface area contributed by atoms with Crippen LogP contribution in [0.3, 0.4) is 0 Å². The lowest BCUT2D eigenvalue weighted by Gasteiger charge is -2.24. The van der Waals surface area contributed by atoms with Gasteiger partial charge in [-0.05, 0) is 17.9 Å². The van der Waals surface area contributed by atoms with Crippen molar-refractivity contribution in [3.63, 3.8) is 0 Å². The fraction of sp³-hybridized carbons (Fsp3) is 0.571. The normalized spacial score (nSPS) is 14.1. The minimum absolute atomic E-state index is 0.276. The molecule has 1 aromatic rings. The third kappa shape index (κ3) is 5.19. The molecule has 0 fully saturated rings. The van der Waals surface area contributed by atoms with Gasteiger partial charge in [-0.15, -0.1) is 0 Å². The maximum Gasteiger partial charge on any atom is 0.319 e. The number of hydrogen-bond acceptors (Lipinski definition) is 1. The van der Waals surface area contributed by atoms with Gasteiger partial charge in [-0.25, -0.2) is 8.78 Å². The average molecular weight is 277 g/mol. The van der Waals surface area contributed by atoms with Crippen LogP contribution in [0.2, 0.25) is 0 Å². The lowest BCUT2D eigenvalue weighted by atomic mass is 9.97. The van der Waals surface area contributed by atoms with E-state index >= 15 is 0 Å². The van der Waals surface area contributed by atoms with Crippen LogP contribution in [0.4, 0.5) is 17.6 Å². The second kappa shape index (κ2) is 6.89. The quantitative estimate of drug-likeness (QED) is 0.734. The van der Waals surface area contributed by atoms with Gasteiger partial charge in [0.1, 0.15) is 0 Å². The summed E-state index contributed by atoms with van der Waals surface area (Å²) in [5.74, 6) is -3.72. The third-order valence-corrected chi connectivity index (χ3v) is 2.81. The molecule has 0 bridgehead atoms. The number of nitrogens with one attached hydrogen (secondary N) is 1. The van der Waals surface area contributed by atoms with E-state index in [9.17, 15) is 17.6 Å². The Balaban J connectivity index is 2.71. The summed E-state index contributed by atoms with van der Waals surface area (Å²) < 4.78 is 50.2. The van der Waals surface area contributed by atoms with Crippen molar-refractivity contribution in [3.05, 3.63) is 35.9 Å². The van der Waals surface area contributed by atoms with Crippen LogP contribution >= 0.6 is 0 Å². The number of rotatable bonds is 7. The highest BCUT2D eigenvalue weighted by molar-refractivity contribution is 5.19. The van der Waals surface area contributed by atoms with Crippen LogP contribution in [0.15, 0.2) is 30.3 Å². The van der Waals surface area contributed by atoms with Crippen LogP contribution in [0.1, 0.15) is 31.9 Å². The minimum Gasteiger partial charge on any atom is -0.304 e. The van der Waals surface area contributed by atoms with E-state index in [-0.39, 0.29) is 12.0 Å². The van der Waals surface area contributed by atoms with E-state index in [4.69, 9.17) is 0 Å². The van der Waals surface area contributed by atoms with Gasteiger partial charge in [-0.3, -0.25) is 0 Å². The van der Waals surface area contributed by atoms with Crippen molar-refractivity contribution >= 4 is 0 Å². The average Bonchev–Trinajstić information content (AvgIpc) is 2.35. The van der Waals surface area contributed by atoms with E-state index in [1.807, 2.05) is 19.9 Å². The Kier molecular flexibility index (Phi) is 5.79. The summed E-state index contributed by atoms with van der Waals surface area (Å²) in [6, 6.07) is 8.70. The second-order valence-electron chi connectivity index (χ2n) is 5.04. The van der Waals surface area contributed by atoms with Crippen molar-refractivity contribution in [2.75, 3.05) is 6.54 Å². The number of benzene rings is 1. The largest absolute Gasteiger partial charge is 0.319 e. The van der Waals surface area contributed by atoms with Gasteiger partial charge in [0.15, 0.2) is 0 Å². The van der Waals surface area contributed by atoms with Crippen molar-refractivity contribution in [2.45, 2.75) is 38.7 Å². The summed E-state index contributed by atoms with van der Waals surface area (Å²) in [7, 11) is 0. The Morgan fingerprint density at radius 2 is 1.68 bits per heavy atom. The summed E-state index contributed by atoms with van der Waals surface area (Å²) >= 11 is 0. The summed E-state index contributed by atoms with van der Waals surface area (Å²) in [4.78, 5) is 0. The molecule has 0 spiro atoms. The van der Waals surface area contributed by atoms with Crippen molar-refractivity contribution in [3.8, 4) is 0 Å². The van der Waals surface area contributed by atoms with Gasteiger partial charge in [-0.2, -0.15) is 8.78 Å². The summed E-state index contributed by atoms with van der Waals surface area (Å²) in [6.45, 7) is 2.91. The van der Waals surface area contributed by atoms with Crippen LogP contribution in [-0.2, 0) is 0 Å². The monoisotopic (exact) mass is 277 g/mol. The van der Waals surface area contributed by atoms with Crippen molar-refractivity contribution in [1.82, 2.24) is 5.32 Å². The molecule has 1 nitrogen and oxygen atoms in total. The topological polar surface area (TPSA) is 12.0 Å². The molecule has 0 aliphatic carbocycles. The zero-order valence-electron chi connectivity index (χ0n) is 11.0. The predicted molar refractivity (Wildman–Crippen MR) is 67.6 cm³/mol. The molecule has 0 saturated heterocycles. The number of alkyl halides is 4. The first-order valence-corrected chi connectivity index (χ1v) is 6.27. The molecular formula is C14H19F4N. The van der Waals surface area contributed by atoms with E-state index in [1.54, 1.807) is 24.3 Å². The molecule has 0 amide bonds. The van der Waals surface area contributed by atoms with E-state index in [1.165, 1.54) is 0 Å². The molecule has 0 aliphatic rings. The van der Waals surface area contributed by atoms with Crippen LogP contribution < -0.4 is 5.32 Å². The summed E-state index contributed by atoms with van der Waals surface area (Å²) in [6.07, 6.45) is -3.03. The number of halogens is 4. The summed E-state index contributed by atoms with van der Waals surface area (Å²) in [5.41, 5.74) is 0.835. The molecule has 1 rings (SSSR count). The van der Waals surface area contributed by atoms with E-state index in [0.717, 1.165) is 5.56 Å². The standard InChI is InChI=1S/C14H19F4N/c1-10(2)8-12(11-6-4-3-5-7-11)19-9-14(17,18)13(15)16/h3-7,10,12-13,19H,8-9H2,1-2H3. The van der Waals surface area contributed by atoms with Crippen LogP contribution in [0.25, 0.3) is 0 Å². The SMILES string of the molecule is CC(C)CC(NCC(F)(F)C(F)F)c1ccccc1. The highest BCUT2D eigenvalue weighted by Crippen LogP contribution is 2.25. The smallest absolute Gasteiger partial charge is 0.304 e. The molecule has 0 saturated carbocycles. The Labute approximate surface area is 111 Å². The molecule has 5 heteroatoms. The fourth-order valence-electron chi connectivity index (χ4n) is 1.83. The highest BCUT2D eigenvalue weighted by Gasteiger charge is 2.40. The van der Waals surface area contributed by atoms with Gasteiger partial charge >= 0.3 is 12.3 Å². The Morgan fingerprint density at radius 1 is 1.11 bits per heavy atom. The maximum absolute atomic E-state index is 12.9. The van der Waals surface area contributed by atoms with Crippen molar-refractivity contribution in [1.29, 1.82) is 0 Å². The first kappa shape index (κ1) is 16.0. The molecule has 0 aromatic heterocycles. The maximum atomic E-state index is 12.9. The second-order valence-corrected chi connectivity index (χ2v) is 5.04. The summed E-state index contributed by atoms with van der Waals surface area (Å²) in [5, 5.41) is 2.56. The van der Waals surface area contributed by atoms with Crippen LogP contribution in [-0.4, -0.2) is 18.9 Å².